The van der Waals surface area contributed by atoms with Crippen molar-refractivity contribution in [1.82, 2.24) is 0 Å². The molecule has 1 aromatic heterocycles. The molecule has 0 aliphatic carbocycles. The van der Waals surface area contributed by atoms with Gasteiger partial charge in [-0.25, -0.2) is 0 Å². The van der Waals surface area contributed by atoms with Gasteiger partial charge in [0.1, 0.15) is 17.3 Å². The fraction of sp³-hybridized carbons (Fsp3) is 0.286. The van der Waals surface area contributed by atoms with Gasteiger partial charge in [-0.1, -0.05) is 0 Å². The predicted molar refractivity (Wildman–Crippen MR) is 76.3 cm³/mol. The summed E-state index contributed by atoms with van der Waals surface area (Å²) in [5.41, 5.74) is 0.814. The molecule has 0 saturated heterocycles. The molecule has 0 fully saturated rings. The Kier molecular flexibility index (Phi) is 5.29. The molecule has 1 aromatic carbocycles. The SMILES string of the molecule is CSCc1ccc(CNc2ccc(OC(F)F)cc2)o1. The van der Waals surface area contributed by atoms with Crippen molar-refractivity contribution in [3.05, 3.63) is 47.9 Å². The maximum atomic E-state index is 12.0. The minimum absolute atomic E-state index is 0.144. The van der Waals surface area contributed by atoms with Gasteiger partial charge in [0.15, 0.2) is 0 Å². The molecule has 0 aliphatic rings. The van der Waals surface area contributed by atoms with E-state index in [1.807, 2.05) is 18.4 Å². The molecule has 3 nitrogen and oxygen atoms in total. The van der Waals surface area contributed by atoms with Gasteiger partial charge in [0.2, 0.25) is 0 Å². The summed E-state index contributed by atoms with van der Waals surface area (Å²) in [5.74, 6) is 2.77. The minimum Gasteiger partial charge on any atom is -0.463 e. The molecule has 0 aliphatic heterocycles. The highest BCUT2D eigenvalue weighted by atomic mass is 32.2. The molecule has 1 heterocycles. The van der Waals surface area contributed by atoms with Crippen LogP contribution in [0.2, 0.25) is 0 Å². The number of furan rings is 1. The van der Waals surface area contributed by atoms with Crippen molar-refractivity contribution in [2.75, 3.05) is 11.6 Å². The summed E-state index contributed by atoms with van der Waals surface area (Å²) in [4.78, 5) is 0. The lowest BCUT2D eigenvalue weighted by Crippen LogP contribution is -2.02. The maximum absolute atomic E-state index is 12.0. The summed E-state index contributed by atoms with van der Waals surface area (Å²) in [6.07, 6.45) is 2.02. The molecular weight excluding hydrogens is 284 g/mol. The van der Waals surface area contributed by atoms with Gasteiger partial charge in [-0.05, 0) is 42.7 Å². The largest absolute Gasteiger partial charge is 0.463 e. The first-order valence-corrected chi connectivity index (χ1v) is 7.42. The second-order valence-corrected chi connectivity index (χ2v) is 4.92. The lowest BCUT2D eigenvalue weighted by atomic mass is 10.3. The normalized spacial score (nSPS) is 10.8. The Morgan fingerprint density at radius 1 is 1.15 bits per heavy atom. The molecule has 20 heavy (non-hydrogen) atoms. The summed E-state index contributed by atoms with van der Waals surface area (Å²) >= 11 is 1.70. The van der Waals surface area contributed by atoms with Crippen molar-refractivity contribution in [1.29, 1.82) is 0 Å². The quantitative estimate of drug-likeness (QED) is 0.824. The molecule has 0 unspecified atom stereocenters. The average Bonchev–Trinajstić information content (AvgIpc) is 2.86. The van der Waals surface area contributed by atoms with Crippen molar-refractivity contribution in [3.8, 4) is 5.75 Å². The molecule has 0 bridgehead atoms. The van der Waals surface area contributed by atoms with Crippen LogP contribution in [0.5, 0.6) is 5.75 Å². The molecule has 0 radical (unpaired) electrons. The van der Waals surface area contributed by atoms with E-state index in [9.17, 15) is 8.78 Å². The zero-order chi connectivity index (χ0) is 14.4. The van der Waals surface area contributed by atoms with E-state index >= 15 is 0 Å². The fourth-order valence-corrected chi connectivity index (χ4v) is 2.12. The van der Waals surface area contributed by atoms with Gasteiger partial charge >= 0.3 is 6.61 Å². The molecular formula is C14H15F2NO2S. The van der Waals surface area contributed by atoms with E-state index in [4.69, 9.17) is 4.42 Å². The van der Waals surface area contributed by atoms with E-state index in [-0.39, 0.29) is 5.75 Å². The lowest BCUT2D eigenvalue weighted by Gasteiger charge is -2.07. The first kappa shape index (κ1) is 14.7. The number of hydrogen-bond acceptors (Lipinski definition) is 4. The number of alkyl halides is 2. The van der Waals surface area contributed by atoms with Crippen molar-refractivity contribution in [3.63, 3.8) is 0 Å². The van der Waals surface area contributed by atoms with Gasteiger partial charge in [-0.15, -0.1) is 0 Å². The zero-order valence-corrected chi connectivity index (χ0v) is 11.8. The van der Waals surface area contributed by atoms with Crippen LogP contribution in [0.3, 0.4) is 0 Å². The summed E-state index contributed by atoms with van der Waals surface area (Å²) in [5, 5.41) is 3.15. The molecule has 0 spiro atoms. The first-order valence-electron chi connectivity index (χ1n) is 6.02. The smallest absolute Gasteiger partial charge is 0.387 e. The lowest BCUT2D eigenvalue weighted by molar-refractivity contribution is -0.0498. The van der Waals surface area contributed by atoms with Crippen LogP contribution in [-0.2, 0) is 12.3 Å². The van der Waals surface area contributed by atoms with Gasteiger partial charge in [0.25, 0.3) is 0 Å². The third-order valence-corrected chi connectivity index (χ3v) is 3.12. The molecule has 6 heteroatoms. The fourth-order valence-electron chi connectivity index (χ4n) is 1.68. The van der Waals surface area contributed by atoms with E-state index in [1.165, 1.54) is 12.1 Å². The number of benzene rings is 1. The van der Waals surface area contributed by atoms with Crippen molar-refractivity contribution in [2.45, 2.75) is 18.9 Å². The first-order chi connectivity index (χ1) is 9.67. The molecule has 0 atom stereocenters. The number of halogens is 2. The Balaban J connectivity index is 1.86. The third-order valence-electron chi connectivity index (χ3n) is 2.55. The van der Waals surface area contributed by atoms with Gasteiger partial charge in [-0.2, -0.15) is 20.5 Å². The van der Waals surface area contributed by atoms with E-state index < -0.39 is 6.61 Å². The minimum atomic E-state index is -2.80. The maximum Gasteiger partial charge on any atom is 0.387 e. The van der Waals surface area contributed by atoms with Gasteiger partial charge < -0.3 is 14.5 Å². The monoisotopic (exact) mass is 299 g/mol. The van der Waals surface area contributed by atoms with Crippen molar-refractivity contribution < 1.29 is 17.9 Å². The summed E-state index contributed by atoms with van der Waals surface area (Å²) in [6.45, 7) is -2.25. The second-order valence-electron chi connectivity index (χ2n) is 4.06. The van der Waals surface area contributed by atoms with E-state index in [0.29, 0.717) is 6.54 Å². The van der Waals surface area contributed by atoms with Crippen LogP contribution in [0, 0.1) is 0 Å². The van der Waals surface area contributed by atoms with Gasteiger partial charge in [0.05, 0.1) is 12.3 Å². The summed E-state index contributed by atoms with van der Waals surface area (Å²) in [7, 11) is 0. The number of thioether (sulfide) groups is 1. The van der Waals surface area contributed by atoms with E-state index in [2.05, 4.69) is 10.1 Å². The topological polar surface area (TPSA) is 34.4 Å². The Morgan fingerprint density at radius 2 is 1.85 bits per heavy atom. The number of nitrogens with one attached hydrogen (secondary N) is 1. The molecule has 2 rings (SSSR count). The Hall–Kier alpha value is -1.69. The number of rotatable bonds is 7. The highest BCUT2D eigenvalue weighted by Gasteiger charge is 2.04. The summed E-state index contributed by atoms with van der Waals surface area (Å²) in [6, 6.07) is 10.2. The van der Waals surface area contributed by atoms with Crippen LogP contribution in [0.15, 0.2) is 40.8 Å². The predicted octanol–water partition coefficient (Wildman–Crippen LogP) is 4.36. The summed E-state index contributed by atoms with van der Waals surface area (Å²) < 4.78 is 33.9. The van der Waals surface area contributed by atoms with Crippen LogP contribution >= 0.6 is 11.8 Å². The molecule has 1 N–H and O–H groups in total. The van der Waals surface area contributed by atoms with Crippen LogP contribution in [0.4, 0.5) is 14.5 Å². The van der Waals surface area contributed by atoms with Crippen molar-refractivity contribution in [2.24, 2.45) is 0 Å². The van der Waals surface area contributed by atoms with Crippen LogP contribution in [0.25, 0.3) is 0 Å². The Morgan fingerprint density at radius 3 is 2.50 bits per heavy atom. The third kappa shape index (κ3) is 4.45. The van der Waals surface area contributed by atoms with Crippen molar-refractivity contribution >= 4 is 17.4 Å². The Bertz CT molecular complexity index is 528. The van der Waals surface area contributed by atoms with E-state index in [0.717, 1.165) is 23.0 Å². The zero-order valence-electron chi connectivity index (χ0n) is 10.9. The molecule has 0 saturated carbocycles. The standard InChI is InChI=1S/C14H15F2NO2S/c1-20-9-13-7-6-12(18-13)8-17-10-2-4-11(5-3-10)19-14(15)16/h2-7,14,17H,8-9H2,1H3. The van der Waals surface area contributed by atoms with Crippen LogP contribution in [0.1, 0.15) is 11.5 Å². The highest BCUT2D eigenvalue weighted by molar-refractivity contribution is 7.97. The highest BCUT2D eigenvalue weighted by Crippen LogP contribution is 2.19. The molecule has 2 aromatic rings. The Labute approximate surface area is 120 Å². The van der Waals surface area contributed by atoms with Gasteiger partial charge in [-0.3, -0.25) is 0 Å². The molecule has 0 amide bonds. The average molecular weight is 299 g/mol. The van der Waals surface area contributed by atoms with Crippen LogP contribution < -0.4 is 10.1 Å². The van der Waals surface area contributed by atoms with Crippen LogP contribution in [-0.4, -0.2) is 12.9 Å². The molecule has 108 valence electrons. The number of anilines is 1. The number of ether oxygens (including phenoxy) is 1. The second kappa shape index (κ2) is 7.19. The van der Waals surface area contributed by atoms with E-state index in [1.54, 1.807) is 23.9 Å². The number of hydrogen-bond donors (Lipinski definition) is 1. The van der Waals surface area contributed by atoms with Gasteiger partial charge in [0, 0.05) is 5.69 Å².